The molecule has 148 valence electrons. The number of amides is 1. The number of ether oxygens (including phenoxy) is 1. The van der Waals surface area contributed by atoms with Crippen LogP contribution in [0.15, 0.2) is 42.5 Å². The maximum Gasteiger partial charge on any atom is 0.417 e. The van der Waals surface area contributed by atoms with Crippen LogP contribution in [0.2, 0.25) is 0 Å². The summed E-state index contributed by atoms with van der Waals surface area (Å²) in [7, 11) is 0. The zero-order chi connectivity index (χ0) is 19.7. The Morgan fingerprint density at radius 2 is 1.96 bits per heavy atom. The van der Waals surface area contributed by atoms with Gasteiger partial charge < -0.3 is 15.6 Å². The van der Waals surface area contributed by atoms with Crippen molar-refractivity contribution in [3.05, 3.63) is 53.6 Å². The van der Waals surface area contributed by atoms with Crippen molar-refractivity contribution in [3.63, 3.8) is 0 Å². The molecule has 2 bridgehead atoms. The molecule has 1 saturated carbocycles. The van der Waals surface area contributed by atoms with Crippen molar-refractivity contribution < 1.29 is 14.6 Å². The van der Waals surface area contributed by atoms with E-state index >= 15 is 0 Å². The van der Waals surface area contributed by atoms with Crippen LogP contribution in [0, 0.1) is 5.92 Å². The van der Waals surface area contributed by atoms with Crippen LogP contribution in [0.25, 0.3) is 0 Å². The highest BCUT2D eigenvalue weighted by atomic mass is 16.6. The van der Waals surface area contributed by atoms with Crippen molar-refractivity contribution >= 4 is 11.8 Å². The Morgan fingerprint density at radius 3 is 2.75 bits per heavy atom. The van der Waals surface area contributed by atoms with Crippen molar-refractivity contribution in [2.45, 2.75) is 56.9 Å². The Hall–Kier alpha value is -2.53. The van der Waals surface area contributed by atoms with E-state index in [1.54, 1.807) is 12.1 Å². The normalized spacial score (nSPS) is 26.5. The molecule has 0 spiro atoms. The topological polar surface area (TPSA) is 84.6 Å². The summed E-state index contributed by atoms with van der Waals surface area (Å²) in [6.07, 6.45) is 6.44. The van der Waals surface area contributed by atoms with Gasteiger partial charge in [-0.05, 0) is 72.7 Å². The number of nitrogens with two attached hydrogens (primary N) is 1. The van der Waals surface area contributed by atoms with Crippen LogP contribution in [-0.2, 0) is 11.8 Å². The lowest BCUT2D eigenvalue weighted by Gasteiger charge is -2.47. The Bertz CT molecular complexity index is 865. The van der Waals surface area contributed by atoms with Gasteiger partial charge in [0.25, 0.3) is 0 Å². The molecule has 0 heterocycles. The largest absolute Gasteiger partial charge is 0.508 e. The minimum absolute atomic E-state index is 0.0779. The van der Waals surface area contributed by atoms with Crippen molar-refractivity contribution in [3.8, 4) is 11.5 Å². The van der Waals surface area contributed by atoms with E-state index in [0.717, 1.165) is 12.8 Å². The second kappa shape index (κ2) is 7.47. The molecule has 0 unspecified atom stereocenters. The molecule has 5 nitrogen and oxygen atoms in total. The number of aromatic hydroxyl groups is 1. The van der Waals surface area contributed by atoms with Gasteiger partial charge >= 0.3 is 6.09 Å². The zero-order valence-corrected chi connectivity index (χ0v) is 16.3. The summed E-state index contributed by atoms with van der Waals surface area (Å²) in [4.78, 5) is 12.3. The minimum Gasteiger partial charge on any atom is -0.508 e. The van der Waals surface area contributed by atoms with E-state index in [9.17, 15) is 9.90 Å². The van der Waals surface area contributed by atoms with E-state index in [4.69, 9.17) is 10.5 Å². The van der Waals surface area contributed by atoms with Gasteiger partial charge in [-0.2, -0.15) is 0 Å². The first-order valence-corrected chi connectivity index (χ1v) is 10.1. The maximum atomic E-state index is 12.3. The number of hydrogen-bond acceptors (Lipinski definition) is 4. The highest BCUT2D eigenvalue weighted by Crippen LogP contribution is 2.46. The SMILES string of the molecule is C[C@@]12CCCCC[C@@H](Cc3ccc(OC(=O)Nc4ccc(O)cc4)cc31)[C@@H]2N. The van der Waals surface area contributed by atoms with Gasteiger partial charge in [0.15, 0.2) is 0 Å². The lowest BCUT2D eigenvalue weighted by molar-refractivity contribution is 0.200. The van der Waals surface area contributed by atoms with E-state index in [1.807, 2.05) is 12.1 Å². The number of hydrogen-bond donors (Lipinski definition) is 3. The second-order valence-electron chi connectivity index (χ2n) is 8.39. The molecule has 5 heteroatoms. The van der Waals surface area contributed by atoms with Crippen LogP contribution in [0.4, 0.5) is 10.5 Å². The average Bonchev–Trinajstić information content (AvgIpc) is 2.67. The van der Waals surface area contributed by atoms with Gasteiger partial charge in [-0.3, -0.25) is 5.32 Å². The third kappa shape index (κ3) is 3.59. The molecule has 28 heavy (non-hydrogen) atoms. The Labute approximate surface area is 165 Å². The molecule has 4 N–H and O–H groups in total. The lowest BCUT2D eigenvalue weighted by Crippen LogP contribution is -2.52. The number of carbonyl (C=O) groups excluding carboxylic acids is 1. The lowest BCUT2D eigenvalue weighted by atomic mass is 9.60. The summed E-state index contributed by atoms with van der Waals surface area (Å²) < 4.78 is 5.54. The number of anilines is 1. The van der Waals surface area contributed by atoms with Gasteiger partial charge in [-0.15, -0.1) is 0 Å². The quantitative estimate of drug-likeness (QED) is 0.658. The fourth-order valence-corrected chi connectivity index (χ4v) is 4.89. The van der Waals surface area contributed by atoms with E-state index in [2.05, 4.69) is 18.3 Å². The third-order valence-electron chi connectivity index (χ3n) is 6.52. The molecule has 0 aromatic heterocycles. The molecule has 0 saturated heterocycles. The number of benzene rings is 2. The van der Waals surface area contributed by atoms with Crippen LogP contribution < -0.4 is 15.8 Å². The van der Waals surface area contributed by atoms with Crippen molar-refractivity contribution in [1.29, 1.82) is 0 Å². The molecule has 0 radical (unpaired) electrons. The first-order chi connectivity index (χ1) is 13.5. The third-order valence-corrected chi connectivity index (χ3v) is 6.52. The van der Waals surface area contributed by atoms with E-state index < -0.39 is 6.09 Å². The highest BCUT2D eigenvalue weighted by molar-refractivity contribution is 5.86. The monoisotopic (exact) mass is 380 g/mol. The van der Waals surface area contributed by atoms with Gasteiger partial charge in [-0.25, -0.2) is 4.79 Å². The zero-order valence-electron chi connectivity index (χ0n) is 16.3. The molecule has 2 aliphatic carbocycles. The molecular weight excluding hydrogens is 352 g/mol. The molecule has 2 aromatic carbocycles. The van der Waals surface area contributed by atoms with Crippen LogP contribution in [-0.4, -0.2) is 17.2 Å². The van der Waals surface area contributed by atoms with Gasteiger partial charge in [0.1, 0.15) is 11.5 Å². The molecule has 3 atom stereocenters. The maximum absolute atomic E-state index is 12.3. The molecule has 0 aliphatic heterocycles. The first kappa shape index (κ1) is 18.8. The smallest absolute Gasteiger partial charge is 0.417 e. The van der Waals surface area contributed by atoms with Gasteiger partial charge in [0, 0.05) is 17.1 Å². The number of phenolic OH excluding ortho intramolecular Hbond substituents is 1. The Morgan fingerprint density at radius 1 is 1.18 bits per heavy atom. The van der Waals surface area contributed by atoms with Gasteiger partial charge in [0.2, 0.25) is 0 Å². The average molecular weight is 380 g/mol. The first-order valence-electron chi connectivity index (χ1n) is 10.1. The number of nitrogens with one attached hydrogen (secondary N) is 1. The summed E-state index contributed by atoms with van der Waals surface area (Å²) in [6.45, 7) is 2.27. The number of carbonyl (C=O) groups is 1. The summed E-state index contributed by atoms with van der Waals surface area (Å²) in [5, 5.41) is 12.0. The fraction of sp³-hybridized carbons (Fsp3) is 0.435. The van der Waals surface area contributed by atoms with Crippen molar-refractivity contribution in [2.75, 3.05) is 5.32 Å². The fourth-order valence-electron chi connectivity index (χ4n) is 4.89. The van der Waals surface area contributed by atoms with Gasteiger partial charge in [0.05, 0.1) is 0 Å². The summed E-state index contributed by atoms with van der Waals surface area (Å²) in [5.41, 5.74) is 9.78. The summed E-state index contributed by atoms with van der Waals surface area (Å²) >= 11 is 0. The second-order valence-corrected chi connectivity index (χ2v) is 8.39. The number of phenols is 1. The van der Waals surface area contributed by atoms with Crippen molar-refractivity contribution in [1.82, 2.24) is 0 Å². The Kier molecular flexibility index (Phi) is 5.02. The van der Waals surface area contributed by atoms with Crippen LogP contribution in [0.5, 0.6) is 11.5 Å². The molecule has 2 aliphatic rings. The molecular formula is C23H28N2O3. The highest BCUT2D eigenvalue weighted by Gasteiger charge is 2.43. The molecule has 2 aromatic rings. The van der Waals surface area contributed by atoms with E-state index in [0.29, 0.717) is 17.4 Å². The van der Waals surface area contributed by atoms with Gasteiger partial charge in [-0.1, -0.05) is 32.3 Å². The van der Waals surface area contributed by atoms with E-state index in [-0.39, 0.29) is 17.2 Å². The molecule has 4 rings (SSSR count). The summed E-state index contributed by atoms with van der Waals surface area (Å²) in [6, 6.07) is 12.4. The molecule has 1 amide bonds. The number of fused-ring (bicyclic) bond motifs is 4. The van der Waals surface area contributed by atoms with Crippen LogP contribution in [0.1, 0.15) is 50.2 Å². The van der Waals surface area contributed by atoms with Crippen molar-refractivity contribution in [2.24, 2.45) is 11.7 Å². The summed E-state index contributed by atoms with van der Waals surface area (Å²) in [5.74, 6) is 1.21. The van der Waals surface area contributed by atoms with Crippen LogP contribution in [0.3, 0.4) is 0 Å². The number of rotatable bonds is 2. The standard InChI is InChI=1S/C23H28N2O3/c1-23-12-4-2-3-5-16(21(23)24)13-15-6-11-19(14-20(15)23)28-22(27)25-17-7-9-18(26)10-8-17/h6-11,14,16,21,26H,2-5,12-13,24H2,1H3,(H,25,27)/t16-,21-,23+/m0/s1. The minimum atomic E-state index is -0.550. The molecule has 1 fully saturated rings. The predicted octanol–water partition coefficient (Wildman–Crippen LogP) is 4.72. The van der Waals surface area contributed by atoms with E-state index in [1.165, 1.54) is 48.9 Å². The Balaban J connectivity index is 1.55. The predicted molar refractivity (Wildman–Crippen MR) is 110 cm³/mol. The van der Waals surface area contributed by atoms with Crippen LogP contribution >= 0.6 is 0 Å².